The lowest BCUT2D eigenvalue weighted by Crippen LogP contribution is -2.26. The number of carbonyl (C=O) groups is 1. The highest BCUT2D eigenvalue weighted by Crippen LogP contribution is 2.21. The van der Waals surface area contributed by atoms with Gasteiger partial charge < -0.3 is 9.47 Å². The lowest BCUT2D eigenvalue weighted by Gasteiger charge is -2.19. The number of hydrogen-bond donors (Lipinski definition) is 0. The van der Waals surface area contributed by atoms with Crippen LogP contribution in [0.1, 0.15) is 54.1 Å². The molecule has 2 unspecified atom stereocenters. The number of rotatable bonds is 9. The van der Waals surface area contributed by atoms with E-state index >= 15 is 0 Å². The van der Waals surface area contributed by atoms with Crippen LogP contribution in [0.15, 0.2) is 54.6 Å². The Kier molecular flexibility index (Phi) is 8.05. The smallest absolute Gasteiger partial charge is 0.391 e. The molecule has 0 aliphatic rings. The molecule has 2 aromatic rings. The second kappa shape index (κ2) is 10.3. The van der Waals surface area contributed by atoms with E-state index in [2.05, 4.69) is 13.8 Å². The van der Waals surface area contributed by atoms with E-state index in [-0.39, 0.29) is 6.42 Å². The summed E-state index contributed by atoms with van der Waals surface area (Å²) in [7, 11) is 0. The van der Waals surface area contributed by atoms with Crippen LogP contribution in [0.2, 0.25) is 0 Å². The Hall–Kier alpha value is -2.34. The number of alkyl halides is 3. The van der Waals surface area contributed by atoms with Gasteiger partial charge in [-0.15, -0.1) is 0 Å². The van der Waals surface area contributed by atoms with Crippen molar-refractivity contribution in [3.8, 4) is 0 Å². The Balaban J connectivity index is 2.03. The molecule has 0 aliphatic carbocycles. The van der Waals surface area contributed by atoms with Crippen molar-refractivity contribution in [3.05, 3.63) is 71.3 Å². The number of hydrogen-bond acceptors (Lipinski definition) is 3. The van der Waals surface area contributed by atoms with E-state index in [1.807, 2.05) is 18.2 Å². The molecule has 0 spiro atoms. The van der Waals surface area contributed by atoms with Gasteiger partial charge in [0.25, 0.3) is 0 Å². The molecule has 0 heterocycles. The topological polar surface area (TPSA) is 35.5 Å². The summed E-state index contributed by atoms with van der Waals surface area (Å²) >= 11 is 0. The summed E-state index contributed by atoms with van der Waals surface area (Å²) in [5.41, 5.74) is 2.25. The van der Waals surface area contributed by atoms with E-state index in [0.29, 0.717) is 11.5 Å². The van der Waals surface area contributed by atoms with Crippen LogP contribution in [0.5, 0.6) is 0 Å². The second-order valence-corrected chi connectivity index (χ2v) is 6.69. The van der Waals surface area contributed by atoms with E-state index in [4.69, 9.17) is 9.47 Å². The SMILES string of the molecule is CCC(C)c1ccc(C(=O)OC(Cc2ccccc2)OCCC(F)(F)F)cc1. The zero-order valence-corrected chi connectivity index (χ0v) is 16.0. The van der Waals surface area contributed by atoms with Crippen molar-refractivity contribution in [2.75, 3.05) is 6.61 Å². The highest BCUT2D eigenvalue weighted by Gasteiger charge is 2.28. The van der Waals surface area contributed by atoms with Gasteiger partial charge in [-0.3, -0.25) is 0 Å². The predicted octanol–water partition coefficient (Wildman–Crippen LogP) is 5.89. The van der Waals surface area contributed by atoms with Gasteiger partial charge in [0.15, 0.2) is 0 Å². The van der Waals surface area contributed by atoms with Crippen molar-refractivity contribution in [3.63, 3.8) is 0 Å². The molecule has 2 atom stereocenters. The number of esters is 1. The van der Waals surface area contributed by atoms with Gasteiger partial charge in [0.05, 0.1) is 18.6 Å². The third kappa shape index (κ3) is 7.35. The minimum absolute atomic E-state index is 0.176. The first-order valence-electron chi connectivity index (χ1n) is 9.31. The van der Waals surface area contributed by atoms with Gasteiger partial charge in [0, 0.05) is 6.42 Å². The van der Waals surface area contributed by atoms with E-state index in [1.165, 1.54) is 0 Å². The molecule has 0 bridgehead atoms. The second-order valence-electron chi connectivity index (χ2n) is 6.69. The molecule has 0 N–H and O–H groups in total. The standard InChI is InChI=1S/C22H25F3O3/c1-3-16(2)18-9-11-19(12-10-18)21(26)28-20(27-14-13-22(23,24)25)15-17-7-5-4-6-8-17/h4-12,16,20H,3,13-15H2,1-2H3. The normalized spacial score (nSPS) is 13.8. The number of benzene rings is 2. The molecule has 0 fully saturated rings. The van der Waals surface area contributed by atoms with E-state index < -0.39 is 31.5 Å². The predicted molar refractivity (Wildman–Crippen MR) is 101 cm³/mol. The molecule has 28 heavy (non-hydrogen) atoms. The fourth-order valence-corrected chi connectivity index (χ4v) is 2.62. The van der Waals surface area contributed by atoms with Crippen molar-refractivity contribution < 1.29 is 27.4 Å². The monoisotopic (exact) mass is 394 g/mol. The molecule has 0 saturated carbocycles. The minimum Gasteiger partial charge on any atom is -0.432 e. The summed E-state index contributed by atoms with van der Waals surface area (Å²) in [6, 6.07) is 16.1. The molecule has 6 heteroatoms. The maximum Gasteiger partial charge on any atom is 0.391 e. The Morgan fingerprint density at radius 3 is 2.25 bits per heavy atom. The van der Waals surface area contributed by atoms with Crippen LogP contribution in [0, 0.1) is 0 Å². The summed E-state index contributed by atoms with van der Waals surface area (Å²) in [5, 5.41) is 0. The third-order valence-electron chi connectivity index (χ3n) is 4.50. The van der Waals surface area contributed by atoms with Crippen LogP contribution < -0.4 is 0 Å². The average Bonchev–Trinajstić information content (AvgIpc) is 2.67. The van der Waals surface area contributed by atoms with Crippen LogP contribution >= 0.6 is 0 Å². The number of carbonyl (C=O) groups excluding carboxylic acids is 1. The van der Waals surface area contributed by atoms with Gasteiger partial charge in [0.2, 0.25) is 6.29 Å². The van der Waals surface area contributed by atoms with Gasteiger partial charge in [-0.2, -0.15) is 13.2 Å². The van der Waals surface area contributed by atoms with Gasteiger partial charge in [-0.05, 0) is 35.6 Å². The Morgan fingerprint density at radius 1 is 1.04 bits per heavy atom. The number of ether oxygens (including phenoxy) is 2. The lowest BCUT2D eigenvalue weighted by molar-refractivity contribution is -0.168. The molecule has 0 amide bonds. The molecule has 2 aromatic carbocycles. The van der Waals surface area contributed by atoms with Crippen LogP contribution in [0.25, 0.3) is 0 Å². The molecule has 152 valence electrons. The molecule has 0 radical (unpaired) electrons. The Morgan fingerprint density at radius 2 is 1.68 bits per heavy atom. The van der Waals surface area contributed by atoms with Crippen LogP contribution in [-0.4, -0.2) is 25.0 Å². The summed E-state index contributed by atoms with van der Waals surface area (Å²) in [6.07, 6.45) is -5.36. The first-order chi connectivity index (χ1) is 13.3. The van der Waals surface area contributed by atoms with Crippen molar-refractivity contribution in [1.82, 2.24) is 0 Å². The van der Waals surface area contributed by atoms with Gasteiger partial charge in [-0.25, -0.2) is 4.79 Å². The fraction of sp³-hybridized carbons (Fsp3) is 0.409. The molecular formula is C22H25F3O3. The zero-order chi connectivity index (χ0) is 20.6. The van der Waals surface area contributed by atoms with Gasteiger partial charge >= 0.3 is 12.1 Å². The maximum atomic E-state index is 12.4. The summed E-state index contributed by atoms with van der Waals surface area (Å²) in [5.74, 6) is -0.245. The highest BCUT2D eigenvalue weighted by atomic mass is 19.4. The Bertz CT molecular complexity index is 727. The summed E-state index contributed by atoms with van der Waals surface area (Å²) in [4.78, 5) is 12.4. The lowest BCUT2D eigenvalue weighted by atomic mass is 9.98. The average molecular weight is 394 g/mol. The fourth-order valence-electron chi connectivity index (χ4n) is 2.62. The largest absolute Gasteiger partial charge is 0.432 e. The van der Waals surface area contributed by atoms with Crippen LogP contribution in [-0.2, 0) is 15.9 Å². The molecule has 3 nitrogen and oxygen atoms in total. The van der Waals surface area contributed by atoms with Crippen molar-refractivity contribution in [2.24, 2.45) is 0 Å². The molecule has 0 aromatic heterocycles. The number of halogens is 3. The molecule has 0 saturated heterocycles. The minimum atomic E-state index is -4.33. The molecular weight excluding hydrogens is 369 g/mol. The first kappa shape index (κ1) is 22.0. The van der Waals surface area contributed by atoms with Crippen molar-refractivity contribution in [1.29, 1.82) is 0 Å². The summed E-state index contributed by atoms with van der Waals surface area (Å²) in [6.45, 7) is 3.61. The Labute approximate surface area is 163 Å². The molecule has 0 aliphatic heterocycles. The summed E-state index contributed by atoms with van der Waals surface area (Å²) < 4.78 is 47.8. The van der Waals surface area contributed by atoms with Gasteiger partial charge in [-0.1, -0.05) is 56.3 Å². The zero-order valence-electron chi connectivity index (χ0n) is 16.0. The first-order valence-corrected chi connectivity index (χ1v) is 9.31. The quantitative estimate of drug-likeness (QED) is 0.393. The van der Waals surface area contributed by atoms with Crippen molar-refractivity contribution >= 4 is 5.97 Å². The van der Waals surface area contributed by atoms with Crippen molar-refractivity contribution in [2.45, 2.75) is 51.5 Å². The van der Waals surface area contributed by atoms with E-state index in [9.17, 15) is 18.0 Å². The van der Waals surface area contributed by atoms with Gasteiger partial charge in [0.1, 0.15) is 0 Å². The highest BCUT2D eigenvalue weighted by molar-refractivity contribution is 5.89. The van der Waals surface area contributed by atoms with Crippen LogP contribution in [0.4, 0.5) is 13.2 Å². The van der Waals surface area contributed by atoms with E-state index in [1.54, 1.807) is 36.4 Å². The third-order valence-corrected chi connectivity index (χ3v) is 4.50. The van der Waals surface area contributed by atoms with E-state index in [0.717, 1.165) is 17.5 Å². The van der Waals surface area contributed by atoms with Crippen LogP contribution in [0.3, 0.4) is 0 Å². The maximum absolute atomic E-state index is 12.4. The molecule has 2 rings (SSSR count).